The minimum absolute atomic E-state index is 0.0200. The van der Waals surface area contributed by atoms with Gasteiger partial charge in [0, 0.05) is 16.9 Å². The SMILES string of the molecule is CC1=C(C)C(=O)[C@@]2(C)[C@@H](c3ccc(O)cc3Cl)C3=CCn4c(=O)n(-c5ccccc5)c(=O)n4[C@@H]3C[C@H]2C1=O. The van der Waals surface area contributed by atoms with E-state index in [1.54, 1.807) is 57.2 Å². The van der Waals surface area contributed by atoms with Crippen LogP contribution in [0.25, 0.3) is 5.69 Å². The molecule has 1 N–H and O–H groups in total. The largest absolute Gasteiger partial charge is 0.508 e. The number of rotatable bonds is 2. The summed E-state index contributed by atoms with van der Waals surface area (Å²) in [5.74, 6) is -1.67. The van der Waals surface area contributed by atoms with Gasteiger partial charge in [-0.05, 0) is 66.8 Å². The Kier molecular flexibility index (Phi) is 5.33. The van der Waals surface area contributed by atoms with Gasteiger partial charge in [-0.2, -0.15) is 0 Å². The first kappa shape index (κ1) is 24.4. The van der Waals surface area contributed by atoms with Crippen LogP contribution in [-0.4, -0.2) is 30.6 Å². The van der Waals surface area contributed by atoms with Crippen molar-refractivity contribution < 1.29 is 14.7 Å². The summed E-state index contributed by atoms with van der Waals surface area (Å²) in [7, 11) is 0. The van der Waals surface area contributed by atoms with E-state index in [1.807, 2.05) is 6.08 Å². The molecule has 1 aliphatic heterocycles. The van der Waals surface area contributed by atoms with Crippen molar-refractivity contribution in [3.8, 4) is 11.4 Å². The van der Waals surface area contributed by atoms with Gasteiger partial charge in [0.05, 0.1) is 23.7 Å². The molecule has 194 valence electrons. The fraction of sp³-hybridized carbons (Fsp3) is 0.310. The van der Waals surface area contributed by atoms with E-state index in [2.05, 4.69) is 0 Å². The van der Waals surface area contributed by atoms with E-state index in [0.717, 1.165) is 10.1 Å². The summed E-state index contributed by atoms with van der Waals surface area (Å²) >= 11 is 6.65. The predicted octanol–water partition coefficient (Wildman–Crippen LogP) is 3.94. The second-order valence-corrected chi connectivity index (χ2v) is 10.9. The van der Waals surface area contributed by atoms with E-state index in [1.165, 1.54) is 21.5 Å². The van der Waals surface area contributed by atoms with Gasteiger partial charge in [0.15, 0.2) is 11.6 Å². The van der Waals surface area contributed by atoms with Gasteiger partial charge in [-0.3, -0.25) is 9.59 Å². The zero-order valence-electron chi connectivity index (χ0n) is 21.1. The molecule has 0 amide bonds. The molecule has 6 rings (SSSR count). The quantitative estimate of drug-likeness (QED) is 0.505. The zero-order chi connectivity index (χ0) is 27.1. The molecule has 0 unspecified atom stereocenters. The number of ketones is 2. The van der Waals surface area contributed by atoms with Gasteiger partial charge in [-0.15, -0.1) is 0 Å². The number of carbonyl (C=O) groups is 2. The molecule has 8 nitrogen and oxygen atoms in total. The normalized spacial score (nSPS) is 26.5. The van der Waals surface area contributed by atoms with Gasteiger partial charge in [-0.1, -0.05) is 48.9 Å². The number of fused-ring (bicyclic) bond motifs is 4. The zero-order valence-corrected chi connectivity index (χ0v) is 21.9. The van der Waals surface area contributed by atoms with E-state index in [-0.39, 0.29) is 35.3 Å². The Labute approximate surface area is 223 Å². The number of carbonyl (C=O) groups excluding carboxylic acids is 2. The lowest BCUT2D eigenvalue weighted by Crippen LogP contribution is -2.55. The molecule has 2 heterocycles. The first-order valence-electron chi connectivity index (χ1n) is 12.5. The third-order valence-corrected chi connectivity index (χ3v) is 9.07. The van der Waals surface area contributed by atoms with Gasteiger partial charge in [0.2, 0.25) is 0 Å². The number of aromatic hydroxyl groups is 1. The number of aromatic nitrogens is 3. The molecule has 4 atom stereocenters. The highest BCUT2D eigenvalue weighted by atomic mass is 35.5. The molecular weight excluding hydrogens is 506 g/mol. The molecule has 0 spiro atoms. The Hall–Kier alpha value is -3.91. The third kappa shape index (κ3) is 3.10. The third-order valence-electron chi connectivity index (χ3n) is 8.74. The molecule has 0 bridgehead atoms. The first-order valence-corrected chi connectivity index (χ1v) is 12.9. The van der Waals surface area contributed by atoms with Crippen molar-refractivity contribution in [2.75, 3.05) is 0 Å². The lowest BCUT2D eigenvalue weighted by Gasteiger charge is -2.53. The van der Waals surface area contributed by atoms with Gasteiger partial charge in [-0.25, -0.2) is 23.5 Å². The smallest absolute Gasteiger partial charge is 0.352 e. The fourth-order valence-electron chi connectivity index (χ4n) is 6.73. The molecule has 0 saturated heterocycles. The highest BCUT2D eigenvalue weighted by molar-refractivity contribution is 6.31. The van der Waals surface area contributed by atoms with E-state index >= 15 is 0 Å². The van der Waals surface area contributed by atoms with Crippen LogP contribution in [0.2, 0.25) is 5.02 Å². The average molecular weight is 532 g/mol. The molecule has 0 radical (unpaired) electrons. The Bertz CT molecular complexity index is 1720. The van der Waals surface area contributed by atoms with Crippen LogP contribution in [0.5, 0.6) is 5.75 Å². The Morgan fingerprint density at radius 2 is 1.68 bits per heavy atom. The van der Waals surface area contributed by atoms with Crippen LogP contribution in [0.3, 0.4) is 0 Å². The van der Waals surface area contributed by atoms with E-state index in [0.29, 0.717) is 22.4 Å². The number of nitrogens with zero attached hydrogens (tertiary/aromatic N) is 3. The maximum absolute atomic E-state index is 14.0. The highest BCUT2D eigenvalue weighted by Crippen LogP contribution is 2.61. The number of benzene rings is 2. The Morgan fingerprint density at radius 3 is 2.37 bits per heavy atom. The number of para-hydroxylation sites is 1. The monoisotopic (exact) mass is 531 g/mol. The van der Waals surface area contributed by atoms with Crippen LogP contribution in [0.1, 0.15) is 44.7 Å². The minimum atomic E-state index is -1.16. The van der Waals surface area contributed by atoms with Crippen LogP contribution in [0, 0.1) is 11.3 Å². The van der Waals surface area contributed by atoms with Gasteiger partial charge in [0.25, 0.3) is 0 Å². The van der Waals surface area contributed by atoms with E-state index < -0.39 is 34.7 Å². The summed E-state index contributed by atoms with van der Waals surface area (Å²) in [5, 5.41) is 10.3. The molecular formula is C29H26ClN3O5. The van der Waals surface area contributed by atoms with Crippen LogP contribution in [0.4, 0.5) is 0 Å². The summed E-state index contributed by atoms with van der Waals surface area (Å²) in [4.78, 5) is 54.9. The maximum Gasteiger partial charge on any atom is 0.352 e. The van der Waals surface area contributed by atoms with Crippen molar-refractivity contribution in [1.82, 2.24) is 13.9 Å². The number of hydrogen-bond donors (Lipinski definition) is 1. The molecule has 38 heavy (non-hydrogen) atoms. The average Bonchev–Trinajstić information content (AvgIpc) is 3.16. The van der Waals surface area contributed by atoms with E-state index in [4.69, 9.17) is 11.6 Å². The molecule has 1 aromatic heterocycles. The number of phenols is 1. The standard InChI is InChI=1S/C29H26ClN3O5/c1-15-16(2)26(36)29(3)21(25(15)35)14-23-20(24(29)19-10-9-18(34)13-22(19)30)11-12-31-27(37)32(28(38)33(23)31)17-7-5-4-6-8-17/h4-11,13,21,23-24,34H,12,14H2,1-3H3/t21-,23+,24-,29+/m0/s1. The van der Waals surface area contributed by atoms with Gasteiger partial charge < -0.3 is 5.11 Å². The summed E-state index contributed by atoms with van der Waals surface area (Å²) in [6.45, 7) is 5.27. The second kappa shape index (κ2) is 8.30. The molecule has 1 saturated carbocycles. The molecule has 3 aliphatic rings. The minimum Gasteiger partial charge on any atom is -0.508 e. The van der Waals surface area contributed by atoms with Crippen LogP contribution < -0.4 is 11.4 Å². The van der Waals surface area contributed by atoms with Crippen molar-refractivity contribution in [1.29, 1.82) is 0 Å². The molecule has 9 heteroatoms. The van der Waals surface area contributed by atoms with E-state index in [9.17, 15) is 24.3 Å². The number of hydrogen-bond acceptors (Lipinski definition) is 5. The number of phenolic OH excluding ortho intramolecular Hbond substituents is 1. The number of halogens is 1. The van der Waals surface area contributed by atoms with Crippen molar-refractivity contribution >= 4 is 23.2 Å². The van der Waals surface area contributed by atoms with Gasteiger partial charge >= 0.3 is 11.4 Å². The number of Topliss-reactive ketones (excluding diaryl/α,β-unsaturated/α-hetero) is 2. The highest BCUT2D eigenvalue weighted by Gasteiger charge is 2.60. The van der Waals surface area contributed by atoms with Crippen molar-refractivity contribution in [3.63, 3.8) is 0 Å². The van der Waals surface area contributed by atoms with Crippen molar-refractivity contribution in [2.24, 2.45) is 11.3 Å². The fourth-order valence-corrected chi connectivity index (χ4v) is 7.02. The predicted molar refractivity (Wildman–Crippen MR) is 142 cm³/mol. The van der Waals surface area contributed by atoms with Gasteiger partial charge in [0.1, 0.15) is 5.75 Å². The van der Waals surface area contributed by atoms with Crippen LogP contribution >= 0.6 is 11.6 Å². The Balaban J connectivity index is 1.62. The molecule has 2 aromatic carbocycles. The summed E-state index contributed by atoms with van der Waals surface area (Å²) in [5.41, 5.74) is 0.518. The lowest BCUT2D eigenvalue weighted by atomic mass is 9.50. The molecule has 1 fully saturated rings. The topological polar surface area (TPSA) is 103 Å². The van der Waals surface area contributed by atoms with Crippen molar-refractivity contribution in [3.05, 3.63) is 103 Å². The van der Waals surface area contributed by atoms with Crippen molar-refractivity contribution in [2.45, 2.75) is 45.7 Å². The molecule has 2 aliphatic carbocycles. The summed E-state index contributed by atoms with van der Waals surface area (Å²) in [6, 6.07) is 12.7. The Morgan fingerprint density at radius 1 is 0.974 bits per heavy atom. The van der Waals surface area contributed by atoms with Crippen LogP contribution in [0.15, 0.2) is 80.9 Å². The first-order chi connectivity index (χ1) is 18.1. The summed E-state index contributed by atoms with van der Waals surface area (Å²) < 4.78 is 3.96. The summed E-state index contributed by atoms with van der Waals surface area (Å²) in [6.07, 6.45) is 2.08. The second-order valence-electron chi connectivity index (χ2n) is 10.5. The molecule has 3 aromatic rings. The maximum atomic E-state index is 14.0. The lowest BCUT2D eigenvalue weighted by molar-refractivity contribution is -0.140. The van der Waals surface area contributed by atoms with Crippen LogP contribution in [-0.2, 0) is 16.1 Å². The number of allylic oxidation sites excluding steroid dienone is 4.